The monoisotopic (exact) mass is 309 g/mol. The van der Waals surface area contributed by atoms with Crippen molar-refractivity contribution in [3.63, 3.8) is 0 Å². The van der Waals surface area contributed by atoms with Crippen LogP contribution in [0.4, 0.5) is 0 Å². The van der Waals surface area contributed by atoms with Gasteiger partial charge < -0.3 is 5.11 Å². The molecule has 1 aliphatic rings. The van der Waals surface area contributed by atoms with Crippen molar-refractivity contribution in [1.29, 1.82) is 0 Å². The Labute approximate surface area is 124 Å². The van der Waals surface area contributed by atoms with Crippen molar-refractivity contribution in [1.82, 2.24) is 4.31 Å². The SMILES string of the molecule is CCc1ccc(S(=O)(=O)N2CCC=C(C)C2)cc1C(=O)O. The maximum atomic E-state index is 12.6. The molecule has 0 amide bonds. The Hall–Kier alpha value is -1.66. The van der Waals surface area contributed by atoms with Crippen molar-refractivity contribution in [2.75, 3.05) is 13.1 Å². The molecule has 21 heavy (non-hydrogen) atoms. The Morgan fingerprint density at radius 2 is 2.10 bits per heavy atom. The third-order valence-electron chi connectivity index (χ3n) is 3.63. The molecule has 0 radical (unpaired) electrons. The van der Waals surface area contributed by atoms with E-state index in [1.54, 1.807) is 6.07 Å². The highest BCUT2D eigenvalue weighted by atomic mass is 32.2. The molecule has 1 heterocycles. The highest BCUT2D eigenvalue weighted by Crippen LogP contribution is 2.23. The van der Waals surface area contributed by atoms with E-state index in [2.05, 4.69) is 0 Å². The number of benzene rings is 1. The van der Waals surface area contributed by atoms with Crippen LogP contribution in [-0.2, 0) is 16.4 Å². The van der Waals surface area contributed by atoms with Crippen LogP contribution in [-0.4, -0.2) is 36.9 Å². The molecule has 114 valence electrons. The fraction of sp³-hybridized carbons (Fsp3) is 0.400. The lowest BCUT2D eigenvalue weighted by atomic mass is 10.1. The van der Waals surface area contributed by atoms with Gasteiger partial charge in [0.05, 0.1) is 10.5 Å². The molecule has 2 rings (SSSR count). The van der Waals surface area contributed by atoms with Crippen LogP contribution in [0.5, 0.6) is 0 Å². The molecule has 0 saturated heterocycles. The minimum atomic E-state index is -3.65. The number of carboxylic acids is 1. The molecular weight excluding hydrogens is 290 g/mol. The van der Waals surface area contributed by atoms with E-state index < -0.39 is 16.0 Å². The number of sulfonamides is 1. The zero-order valence-electron chi connectivity index (χ0n) is 12.2. The molecular formula is C15H19NO4S. The van der Waals surface area contributed by atoms with Crippen LogP contribution in [0.15, 0.2) is 34.7 Å². The van der Waals surface area contributed by atoms with Gasteiger partial charge in [-0.2, -0.15) is 4.31 Å². The Kier molecular flexibility index (Phi) is 4.49. The van der Waals surface area contributed by atoms with Crippen LogP contribution in [0.1, 0.15) is 36.2 Å². The lowest BCUT2D eigenvalue weighted by molar-refractivity contribution is 0.0695. The summed E-state index contributed by atoms with van der Waals surface area (Å²) in [5.74, 6) is -1.10. The number of hydrogen-bond acceptors (Lipinski definition) is 3. The fourth-order valence-electron chi connectivity index (χ4n) is 2.45. The van der Waals surface area contributed by atoms with Gasteiger partial charge in [-0.05, 0) is 37.5 Å². The molecule has 0 spiro atoms. The summed E-state index contributed by atoms with van der Waals surface area (Å²) in [6, 6.07) is 4.35. The van der Waals surface area contributed by atoms with Crippen LogP contribution < -0.4 is 0 Å². The highest BCUT2D eigenvalue weighted by molar-refractivity contribution is 7.89. The van der Waals surface area contributed by atoms with Crippen molar-refractivity contribution in [2.24, 2.45) is 0 Å². The van der Waals surface area contributed by atoms with Gasteiger partial charge in [-0.1, -0.05) is 24.6 Å². The molecule has 1 aromatic rings. The zero-order valence-corrected chi connectivity index (χ0v) is 13.0. The molecule has 1 N–H and O–H groups in total. The van der Waals surface area contributed by atoms with Gasteiger partial charge in [0.1, 0.15) is 0 Å². The summed E-state index contributed by atoms with van der Waals surface area (Å²) in [6.45, 7) is 4.52. The molecule has 5 nitrogen and oxygen atoms in total. The van der Waals surface area contributed by atoms with E-state index in [4.69, 9.17) is 0 Å². The predicted octanol–water partition coefficient (Wildman–Crippen LogP) is 2.29. The van der Waals surface area contributed by atoms with Gasteiger partial charge in [0.15, 0.2) is 0 Å². The van der Waals surface area contributed by atoms with E-state index in [-0.39, 0.29) is 10.5 Å². The number of aromatic carboxylic acids is 1. The van der Waals surface area contributed by atoms with Gasteiger partial charge in [0.2, 0.25) is 10.0 Å². The molecule has 0 saturated carbocycles. The molecule has 0 bridgehead atoms. The maximum absolute atomic E-state index is 12.6. The number of rotatable bonds is 4. The van der Waals surface area contributed by atoms with E-state index in [1.165, 1.54) is 16.4 Å². The third-order valence-corrected chi connectivity index (χ3v) is 5.47. The number of hydrogen-bond donors (Lipinski definition) is 1. The molecule has 0 aromatic heterocycles. The van der Waals surface area contributed by atoms with Crippen molar-refractivity contribution in [3.8, 4) is 0 Å². The number of aryl methyl sites for hydroxylation is 1. The second-order valence-corrected chi connectivity index (χ2v) is 7.09. The summed E-state index contributed by atoms with van der Waals surface area (Å²) in [6.07, 6.45) is 3.26. The number of nitrogens with zero attached hydrogens (tertiary/aromatic N) is 1. The first-order valence-electron chi connectivity index (χ1n) is 6.88. The largest absolute Gasteiger partial charge is 0.478 e. The maximum Gasteiger partial charge on any atom is 0.336 e. The zero-order chi connectivity index (χ0) is 15.6. The van der Waals surface area contributed by atoms with Gasteiger partial charge in [-0.15, -0.1) is 0 Å². The van der Waals surface area contributed by atoms with E-state index in [0.717, 1.165) is 5.57 Å². The molecule has 1 aliphatic heterocycles. The minimum Gasteiger partial charge on any atom is -0.478 e. The normalized spacial score (nSPS) is 16.6. The minimum absolute atomic E-state index is 0.0480. The second-order valence-electron chi connectivity index (χ2n) is 5.16. The lowest BCUT2D eigenvalue weighted by Crippen LogP contribution is -2.35. The van der Waals surface area contributed by atoms with Crippen molar-refractivity contribution < 1.29 is 18.3 Å². The Balaban J connectivity index is 2.43. The van der Waals surface area contributed by atoms with Gasteiger partial charge in [0, 0.05) is 13.1 Å². The van der Waals surface area contributed by atoms with E-state index in [0.29, 0.717) is 31.5 Å². The molecule has 1 aromatic carbocycles. The summed E-state index contributed by atoms with van der Waals surface area (Å²) < 4.78 is 26.6. The molecule has 0 unspecified atom stereocenters. The van der Waals surface area contributed by atoms with Crippen LogP contribution in [0, 0.1) is 0 Å². The average molecular weight is 309 g/mol. The number of carbonyl (C=O) groups is 1. The Morgan fingerprint density at radius 1 is 1.38 bits per heavy atom. The molecule has 6 heteroatoms. The smallest absolute Gasteiger partial charge is 0.336 e. The third kappa shape index (κ3) is 3.16. The number of carboxylic acid groups (broad SMARTS) is 1. The van der Waals surface area contributed by atoms with Crippen LogP contribution >= 0.6 is 0 Å². The van der Waals surface area contributed by atoms with Crippen molar-refractivity contribution in [2.45, 2.75) is 31.6 Å². The first kappa shape index (κ1) is 15.7. The van der Waals surface area contributed by atoms with E-state index >= 15 is 0 Å². The van der Waals surface area contributed by atoms with Gasteiger partial charge >= 0.3 is 5.97 Å². The summed E-state index contributed by atoms with van der Waals surface area (Å²) in [7, 11) is -3.65. The van der Waals surface area contributed by atoms with Crippen LogP contribution in [0.2, 0.25) is 0 Å². The van der Waals surface area contributed by atoms with Gasteiger partial charge in [-0.3, -0.25) is 0 Å². The van der Waals surface area contributed by atoms with E-state index in [9.17, 15) is 18.3 Å². The fourth-order valence-corrected chi connectivity index (χ4v) is 3.98. The first-order valence-corrected chi connectivity index (χ1v) is 8.32. The quantitative estimate of drug-likeness (QED) is 0.866. The van der Waals surface area contributed by atoms with E-state index in [1.807, 2.05) is 19.9 Å². The van der Waals surface area contributed by atoms with Crippen molar-refractivity contribution >= 4 is 16.0 Å². The second kappa shape index (κ2) is 5.99. The summed E-state index contributed by atoms with van der Waals surface area (Å²) in [5, 5.41) is 9.22. The summed E-state index contributed by atoms with van der Waals surface area (Å²) in [5.41, 5.74) is 1.70. The first-order chi connectivity index (χ1) is 9.86. The van der Waals surface area contributed by atoms with Crippen molar-refractivity contribution in [3.05, 3.63) is 41.0 Å². The van der Waals surface area contributed by atoms with Crippen LogP contribution in [0.3, 0.4) is 0 Å². The average Bonchev–Trinajstić information content (AvgIpc) is 2.46. The molecule has 0 atom stereocenters. The van der Waals surface area contributed by atoms with Gasteiger partial charge in [-0.25, -0.2) is 13.2 Å². The van der Waals surface area contributed by atoms with Gasteiger partial charge in [0.25, 0.3) is 0 Å². The lowest BCUT2D eigenvalue weighted by Gasteiger charge is -2.25. The molecule has 0 aliphatic carbocycles. The summed E-state index contributed by atoms with van der Waals surface area (Å²) in [4.78, 5) is 11.3. The Bertz CT molecular complexity index is 692. The molecule has 0 fully saturated rings. The summed E-state index contributed by atoms with van der Waals surface area (Å²) >= 11 is 0. The highest BCUT2D eigenvalue weighted by Gasteiger charge is 2.27. The topological polar surface area (TPSA) is 74.7 Å². The Morgan fingerprint density at radius 3 is 2.67 bits per heavy atom. The van der Waals surface area contributed by atoms with Crippen LogP contribution in [0.25, 0.3) is 0 Å². The predicted molar refractivity (Wildman–Crippen MR) is 79.9 cm³/mol. The standard InChI is InChI=1S/C15H19NO4S/c1-3-12-6-7-13(9-14(12)15(17)18)21(19,20)16-8-4-5-11(2)10-16/h5-7,9H,3-4,8,10H2,1-2H3,(H,17,18).